The van der Waals surface area contributed by atoms with Crippen molar-refractivity contribution in [2.45, 2.75) is 20.5 Å². The number of rotatable bonds is 4. The molecule has 23 heavy (non-hydrogen) atoms. The van der Waals surface area contributed by atoms with E-state index in [1.165, 1.54) is 12.7 Å². The minimum Gasteiger partial charge on any atom is -0.489 e. The molecule has 0 fully saturated rings. The van der Waals surface area contributed by atoms with Gasteiger partial charge in [-0.05, 0) is 43.8 Å². The van der Waals surface area contributed by atoms with Crippen LogP contribution < -0.4 is 9.80 Å². The summed E-state index contributed by atoms with van der Waals surface area (Å²) < 4.78 is 10.7. The number of para-hydroxylation sites is 1. The van der Waals surface area contributed by atoms with Crippen molar-refractivity contribution in [3.63, 3.8) is 0 Å². The van der Waals surface area contributed by atoms with Gasteiger partial charge in [0.15, 0.2) is 0 Å². The van der Waals surface area contributed by atoms with E-state index in [0.717, 1.165) is 16.4 Å². The molecule has 2 aromatic rings. The van der Waals surface area contributed by atoms with Gasteiger partial charge in [-0.1, -0.05) is 41.4 Å². The molecule has 0 radical (unpaired) electrons. The zero-order chi connectivity index (χ0) is 17.0. The van der Waals surface area contributed by atoms with E-state index < -0.39 is 0 Å². The standard InChI is InChI=1S/C17H18ClNO3S/c1-11-7-8-15(12(2)9-11)22-10-13-5-4-6-14(18)16(13)19(20)17(23)21-3/h4-9,20H,10H2,1-3H3. The van der Waals surface area contributed by atoms with Gasteiger partial charge >= 0.3 is 0 Å². The molecule has 0 aliphatic rings. The molecule has 2 rings (SSSR count). The number of thiocarbonyl (C=S) groups is 1. The van der Waals surface area contributed by atoms with Crippen molar-refractivity contribution < 1.29 is 14.7 Å². The predicted octanol–water partition coefficient (Wildman–Crippen LogP) is 4.66. The second kappa shape index (κ2) is 7.64. The van der Waals surface area contributed by atoms with Gasteiger partial charge in [0.25, 0.3) is 5.17 Å². The Kier molecular flexibility index (Phi) is 5.82. The summed E-state index contributed by atoms with van der Waals surface area (Å²) in [6, 6.07) is 11.2. The van der Waals surface area contributed by atoms with Gasteiger partial charge < -0.3 is 9.47 Å². The molecule has 122 valence electrons. The molecule has 0 aliphatic carbocycles. The minimum absolute atomic E-state index is 0.0918. The molecule has 1 N–H and O–H groups in total. The second-order valence-electron chi connectivity index (χ2n) is 5.09. The molecule has 0 heterocycles. The van der Waals surface area contributed by atoms with E-state index in [1.807, 2.05) is 38.1 Å². The van der Waals surface area contributed by atoms with Crippen LogP contribution in [0.2, 0.25) is 5.02 Å². The summed E-state index contributed by atoms with van der Waals surface area (Å²) in [5, 5.41) is 11.2. The highest BCUT2D eigenvalue weighted by Gasteiger charge is 2.18. The Bertz CT molecular complexity index is 721. The molecule has 6 heteroatoms. The van der Waals surface area contributed by atoms with Crippen molar-refractivity contribution in [1.82, 2.24) is 0 Å². The van der Waals surface area contributed by atoms with E-state index in [2.05, 4.69) is 0 Å². The SMILES string of the molecule is COC(=S)N(O)c1c(Cl)cccc1COc1ccc(C)cc1C. The van der Waals surface area contributed by atoms with Crippen molar-refractivity contribution in [1.29, 1.82) is 0 Å². The third kappa shape index (κ3) is 4.13. The van der Waals surface area contributed by atoms with E-state index in [9.17, 15) is 5.21 Å². The Morgan fingerprint density at radius 2 is 2.00 bits per heavy atom. The van der Waals surface area contributed by atoms with Crippen LogP contribution in [0.3, 0.4) is 0 Å². The van der Waals surface area contributed by atoms with E-state index >= 15 is 0 Å². The van der Waals surface area contributed by atoms with Crippen LogP contribution in [0.15, 0.2) is 36.4 Å². The molecule has 0 bridgehead atoms. The fourth-order valence-corrected chi connectivity index (χ4v) is 2.57. The Morgan fingerprint density at radius 3 is 2.65 bits per heavy atom. The van der Waals surface area contributed by atoms with Crippen LogP contribution in [0.5, 0.6) is 5.75 Å². The first kappa shape index (κ1) is 17.5. The number of benzene rings is 2. The molecule has 0 atom stereocenters. The lowest BCUT2D eigenvalue weighted by atomic mass is 10.1. The number of hydrogen-bond acceptors (Lipinski definition) is 4. The van der Waals surface area contributed by atoms with E-state index in [4.69, 9.17) is 33.3 Å². The highest BCUT2D eigenvalue weighted by Crippen LogP contribution is 2.31. The Balaban J connectivity index is 2.26. The van der Waals surface area contributed by atoms with Gasteiger partial charge in [0.05, 0.1) is 17.8 Å². The van der Waals surface area contributed by atoms with Crippen LogP contribution in [-0.2, 0) is 11.3 Å². The highest BCUT2D eigenvalue weighted by atomic mass is 35.5. The monoisotopic (exact) mass is 351 g/mol. The molecule has 0 aromatic heterocycles. The largest absolute Gasteiger partial charge is 0.489 e. The molecule has 2 aromatic carbocycles. The van der Waals surface area contributed by atoms with Crippen LogP contribution in [0.4, 0.5) is 5.69 Å². The molecule has 0 amide bonds. The lowest BCUT2D eigenvalue weighted by Crippen LogP contribution is -2.28. The second-order valence-corrected chi connectivity index (χ2v) is 5.84. The average Bonchev–Trinajstić information content (AvgIpc) is 2.52. The normalized spacial score (nSPS) is 10.3. The zero-order valence-electron chi connectivity index (χ0n) is 13.2. The van der Waals surface area contributed by atoms with Crippen molar-refractivity contribution in [3.05, 3.63) is 58.1 Å². The van der Waals surface area contributed by atoms with Gasteiger partial charge in [-0.2, -0.15) is 5.06 Å². The summed E-state index contributed by atoms with van der Waals surface area (Å²) in [6.07, 6.45) is 0. The minimum atomic E-state index is -0.0918. The van der Waals surface area contributed by atoms with Gasteiger partial charge in [0.1, 0.15) is 12.4 Å². The number of halogens is 1. The number of ether oxygens (including phenoxy) is 2. The fraction of sp³-hybridized carbons (Fsp3) is 0.235. The van der Waals surface area contributed by atoms with E-state index in [1.54, 1.807) is 12.1 Å². The summed E-state index contributed by atoms with van der Waals surface area (Å²) in [5.41, 5.74) is 3.26. The first-order chi connectivity index (χ1) is 10.9. The molecule has 0 aliphatic heterocycles. The lowest BCUT2D eigenvalue weighted by Gasteiger charge is -2.21. The number of anilines is 1. The number of nitrogens with zero attached hydrogens (tertiary/aromatic N) is 1. The maximum Gasteiger partial charge on any atom is 0.288 e. The predicted molar refractivity (Wildman–Crippen MR) is 95.6 cm³/mol. The van der Waals surface area contributed by atoms with Crippen molar-refractivity contribution >= 4 is 34.7 Å². The number of methoxy groups -OCH3 is 1. The fourth-order valence-electron chi connectivity index (χ4n) is 2.21. The third-order valence-corrected chi connectivity index (χ3v) is 3.99. The first-order valence-corrected chi connectivity index (χ1v) is 7.77. The quantitative estimate of drug-likeness (QED) is 0.640. The zero-order valence-corrected chi connectivity index (χ0v) is 14.7. The van der Waals surface area contributed by atoms with Crippen LogP contribution in [0.1, 0.15) is 16.7 Å². The summed E-state index contributed by atoms with van der Waals surface area (Å²) in [7, 11) is 1.38. The first-order valence-electron chi connectivity index (χ1n) is 6.98. The summed E-state index contributed by atoms with van der Waals surface area (Å²) in [4.78, 5) is 0. The van der Waals surface area contributed by atoms with E-state index in [-0.39, 0.29) is 11.8 Å². The summed E-state index contributed by atoms with van der Waals surface area (Å²) in [6.45, 7) is 4.25. The van der Waals surface area contributed by atoms with Gasteiger partial charge in [0, 0.05) is 5.56 Å². The summed E-state index contributed by atoms with van der Waals surface area (Å²) in [5.74, 6) is 0.778. The third-order valence-electron chi connectivity index (χ3n) is 3.34. The smallest absolute Gasteiger partial charge is 0.288 e. The van der Waals surface area contributed by atoms with Gasteiger partial charge in [-0.3, -0.25) is 5.21 Å². The Hall–Kier alpha value is -1.82. The topological polar surface area (TPSA) is 41.9 Å². The maximum atomic E-state index is 10.2. The van der Waals surface area contributed by atoms with Gasteiger partial charge in [-0.15, -0.1) is 0 Å². The van der Waals surface area contributed by atoms with Crippen LogP contribution in [0, 0.1) is 13.8 Å². The molecule has 0 unspecified atom stereocenters. The lowest BCUT2D eigenvalue weighted by molar-refractivity contribution is 0.264. The average molecular weight is 352 g/mol. The van der Waals surface area contributed by atoms with Gasteiger partial charge in [-0.25, -0.2) is 0 Å². The highest BCUT2D eigenvalue weighted by molar-refractivity contribution is 7.80. The molecular formula is C17H18ClNO3S. The van der Waals surface area contributed by atoms with Crippen molar-refractivity contribution in [2.24, 2.45) is 0 Å². The van der Waals surface area contributed by atoms with E-state index in [0.29, 0.717) is 16.3 Å². The summed E-state index contributed by atoms with van der Waals surface area (Å²) >= 11 is 11.1. The van der Waals surface area contributed by atoms with Crippen molar-refractivity contribution in [2.75, 3.05) is 12.2 Å². The number of hydroxylamine groups is 1. The Labute approximate surface area is 146 Å². The van der Waals surface area contributed by atoms with Crippen LogP contribution >= 0.6 is 23.8 Å². The molecule has 0 saturated heterocycles. The number of aryl methyl sites for hydroxylation is 2. The molecule has 4 nitrogen and oxygen atoms in total. The van der Waals surface area contributed by atoms with Crippen molar-refractivity contribution in [3.8, 4) is 5.75 Å². The maximum absolute atomic E-state index is 10.2. The van der Waals surface area contributed by atoms with Crippen LogP contribution in [-0.4, -0.2) is 17.5 Å². The number of hydrogen-bond donors (Lipinski definition) is 1. The van der Waals surface area contributed by atoms with Crippen LogP contribution in [0.25, 0.3) is 0 Å². The molecule has 0 saturated carbocycles. The molecule has 0 spiro atoms. The van der Waals surface area contributed by atoms with Gasteiger partial charge in [0.2, 0.25) is 0 Å². The molecular weight excluding hydrogens is 334 g/mol. The Morgan fingerprint density at radius 1 is 1.26 bits per heavy atom.